The molecule has 2 heterocycles. The van der Waals surface area contributed by atoms with Gasteiger partial charge in [0, 0.05) is 32.0 Å². The first-order valence-corrected chi connectivity index (χ1v) is 4.22. The molecule has 0 unspecified atom stereocenters. The predicted octanol–water partition coefficient (Wildman–Crippen LogP) is 0.126. The maximum absolute atomic E-state index is 4.26. The van der Waals surface area contributed by atoms with Crippen molar-refractivity contribution in [2.75, 3.05) is 25.0 Å². The summed E-state index contributed by atoms with van der Waals surface area (Å²) in [5, 5.41) is 3.24. The van der Waals surface area contributed by atoms with Crippen molar-refractivity contribution >= 4 is 5.95 Å². The molecule has 1 aliphatic heterocycles. The summed E-state index contributed by atoms with van der Waals surface area (Å²) in [4.78, 5) is 9.66. The molecule has 66 valence electrons. The number of H-pyrrole nitrogens is 1. The van der Waals surface area contributed by atoms with Gasteiger partial charge in [-0.05, 0) is 6.92 Å². The molecule has 1 aliphatic rings. The van der Waals surface area contributed by atoms with Gasteiger partial charge in [0.2, 0.25) is 5.95 Å². The largest absolute Gasteiger partial charge is 0.340 e. The van der Waals surface area contributed by atoms with Crippen LogP contribution in [0.1, 0.15) is 5.69 Å². The molecule has 1 saturated heterocycles. The molecule has 12 heavy (non-hydrogen) atoms. The SMILES string of the molecule is Cc1cnc(N(C)C2CNC2)[nH]1. The Morgan fingerprint density at radius 3 is 2.75 bits per heavy atom. The quantitative estimate of drug-likeness (QED) is 0.656. The van der Waals surface area contributed by atoms with Crippen LogP contribution in [0.2, 0.25) is 0 Å². The maximum Gasteiger partial charge on any atom is 0.203 e. The van der Waals surface area contributed by atoms with Crippen LogP contribution in [0.25, 0.3) is 0 Å². The standard InChI is InChI=1S/C8H14N4/c1-6-3-10-8(11-6)12(2)7-4-9-5-7/h3,7,9H,4-5H2,1-2H3,(H,10,11). The van der Waals surface area contributed by atoms with Crippen molar-refractivity contribution in [3.63, 3.8) is 0 Å². The molecular weight excluding hydrogens is 152 g/mol. The van der Waals surface area contributed by atoms with Gasteiger partial charge >= 0.3 is 0 Å². The van der Waals surface area contributed by atoms with Gasteiger partial charge in [-0.25, -0.2) is 4.98 Å². The minimum absolute atomic E-state index is 0.607. The van der Waals surface area contributed by atoms with E-state index in [1.807, 2.05) is 13.1 Å². The van der Waals surface area contributed by atoms with E-state index in [9.17, 15) is 0 Å². The molecule has 0 spiro atoms. The summed E-state index contributed by atoms with van der Waals surface area (Å²) in [6.07, 6.45) is 1.86. The fraction of sp³-hybridized carbons (Fsp3) is 0.625. The first-order chi connectivity index (χ1) is 5.77. The number of aromatic nitrogens is 2. The zero-order valence-corrected chi connectivity index (χ0v) is 7.46. The van der Waals surface area contributed by atoms with Crippen LogP contribution >= 0.6 is 0 Å². The number of hydrogen-bond acceptors (Lipinski definition) is 3. The normalized spacial score (nSPS) is 17.5. The Hall–Kier alpha value is -1.03. The lowest BCUT2D eigenvalue weighted by atomic mass is 10.1. The van der Waals surface area contributed by atoms with E-state index in [4.69, 9.17) is 0 Å². The van der Waals surface area contributed by atoms with Gasteiger partial charge in [-0.2, -0.15) is 0 Å². The third kappa shape index (κ3) is 1.18. The number of imidazole rings is 1. The number of rotatable bonds is 2. The monoisotopic (exact) mass is 166 g/mol. The molecule has 4 nitrogen and oxygen atoms in total. The van der Waals surface area contributed by atoms with E-state index in [-0.39, 0.29) is 0 Å². The topological polar surface area (TPSA) is 44.0 Å². The van der Waals surface area contributed by atoms with Gasteiger partial charge in [-0.15, -0.1) is 0 Å². The van der Waals surface area contributed by atoms with Gasteiger partial charge in [-0.3, -0.25) is 0 Å². The highest BCUT2D eigenvalue weighted by Crippen LogP contribution is 2.11. The second-order valence-electron chi connectivity index (χ2n) is 3.31. The summed E-state index contributed by atoms with van der Waals surface area (Å²) < 4.78 is 0. The zero-order valence-electron chi connectivity index (χ0n) is 7.46. The Labute approximate surface area is 72.0 Å². The number of hydrogen-bond donors (Lipinski definition) is 2. The Morgan fingerprint density at radius 1 is 1.58 bits per heavy atom. The smallest absolute Gasteiger partial charge is 0.203 e. The first kappa shape index (κ1) is 7.61. The minimum Gasteiger partial charge on any atom is -0.340 e. The summed E-state index contributed by atoms with van der Waals surface area (Å²) in [5.74, 6) is 0.971. The number of nitrogens with one attached hydrogen (secondary N) is 2. The van der Waals surface area contributed by atoms with E-state index in [0.29, 0.717) is 6.04 Å². The van der Waals surface area contributed by atoms with E-state index in [0.717, 1.165) is 24.7 Å². The summed E-state index contributed by atoms with van der Waals surface area (Å²) in [6, 6.07) is 0.607. The molecule has 0 bridgehead atoms. The van der Waals surface area contributed by atoms with E-state index in [1.165, 1.54) is 0 Å². The highest BCUT2D eigenvalue weighted by molar-refractivity contribution is 5.32. The van der Waals surface area contributed by atoms with Crippen LogP contribution in [-0.4, -0.2) is 36.1 Å². The molecule has 2 N–H and O–H groups in total. The third-order valence-corrected chi connectivity index (χ3v) is 2.33. The molecule has 2 rings (SSSR count). The predicted molar refractivity (Wildman–Crippen MR) is 48.4 cm³/mol. The zero-order chi connectivity index (χ0) is 8.55. The fourth-order valence-corrected chi connectivity index (χ4v) is 1.30. The van der Waals surface area contributed by atoms with Crippen LogP contribution in [0.5, 0.6) is 0 Å². The average molecular weight is 166 g/mol. The van der Waals surface area contributed by atoms with Crippen LogP contribution in [-0.2, 0) is 0 Å². The molecule has 0 atom stereocenters. The fourth-order valence-electron chi connectivity index (χ4n) is 1.30. The van der Waals surface area contributed by atoms with Gasteiger partial charge in [0.25, 0.3) is 0 Å². The number of nitrogens with zero attached hydrogens (tertiary/aromatic N) is 2. The molecule has 0 saturated carbocycles. The second-order valence-corrected chi connectivity index (χ2v) is 3.31. The van der Waals surface area contributed by atoms with E-state index in [1.54, 1.807) is 0 Å². The average Bonchev–Trinajstić information content (AvgIpc) is 2.31. The van der Waals surface area contributed by atoms with E-state index in [2.05, 4.69) is 27.2 Å². The van der Waals surface area contributed by atoms with Crippen LogP contribution in [0.3, 0.4) is 0 Å². The van der Waals surface area contributed by atoms with Crippen molar-refractivity contribution in [2.24, 2.45) is 0 Å². The molecule has 0 aliphatic carbocycles. The Bertz CT molecular complexity index is 264. The van der Waals surface area contributed by atoms with Gasteiger partial charge in [0.05, 0.1) is 6.04 Å². The Morgan fingerprint density at radius 2 is 2.33 bits per heavy atom. The van der Waals surface area contributed by atoms with Crippen molar-refractivity contribution in [3.8, 4) is 0 Å². The van der Waals surface area contributed by atoms with Gasteiger partial charge in [0.15, 0.2) is 0 Å². The second kappa shape index (κ2) is 2.79. The van der Waals surface area contributed by atoms with E-state index < -0.39 is 0 Å². The van der Waals surface area contributed by atoms with Gasteiger partial charge in [0.1, 0.15) is 0 Å². The van der Waals surface area contributed by atoms with Crippen molar-refractivity contribution in [1.29, 1.82) is 0 Å². The summed E-state index contributed by atoms with van der Waals surface area (Å²) >= 11 is 0. The van der Waals surface area contributed by atoms with Crippen LogP contribution in [0, 0.1) is 6.92 Å². The number of likely N-dealkylation sites (N-methyl/N-ethyl adjacent to an activating group) is 1. The Balaban J connectivity index is 2.08. The van der Waals surface area contributed by atoms with Gasteiger partial charge < -0.3 is 15.2 Å². The highest BCUT2D eigenvalue weighted by Gasteiger charge is 2.22. The van der Waals surface area contributed by atoms with E-state index >= 15 is 0 Å². The number of aryl methyl sites for hydroxylation is 1. The maximum atomic E-state index is 4.26. The summed E-state index contributed by atoms with van der Waals surface area (Å²) in [7, 11) is 2.07. The molecule has 1 aromatic heterocycles. The summed E-state index contributed by atoms with van der Waals surface area (Å²) in [6.45, 7) is 4.15. The molecule has 1 fully saturated rings. The third-order valence-electron chi connectivity index (χ3n) is 2.33. The minimum atomic E-state index is 0.607. The van der Waals surface area contributed by atoms with Crippen LogP contribution < -0.4 is 10.2 Å². The lowest BCUT2D eigenvalue weighted by Crippen LogP contribution is -2.56. The van der Waals surface area contributed by atoms with Crippen molar-refractivity contribution in [2.45, 2.75) is 13.0 Å². The van der Waals surface area contributed by atoms with Crippen molar-refractivity contribution in [3.05, 3.63) is 11.9 Å². The lowest BCUT2D eigenvalue weighted by Gasteiger charge is -2.35. The molecule has 1 aromatic rings. The molecule has 0 aromatic carbocycles. The number of anilines is 1. The number of aromatic amines is 1. The highest BCUT2D eigenvalue weighted by atomic mass is 15.3. The van der Waals surface area contributed by atoms with Crippen molar-refractivity contribution in [1.82, 2.24) is 15.3 Å². The lowest BCUT2D eigenvalue weighted by molar-refractivity contribution is 0.425. The molecule has 4 heteroatoms. The van der Waals surface area contributed by atoms with Crippen molar-refractivity contribution < 1.29 is 0 Å². The molecule has 0 radical (unpaired) electrons. The van der Waals surface area contributed by atoms with Crippen LogP contribution in [0.15, 0.2) is 6.20 Å². The molecule has 0 amide bonds. The van der Waals surface area contributed by atoms with Gasteiger partial charge in [-0.1, -0.05) is 0 Å². The first-order valence-electron chi connectivity index (χ1n) is 4.22. The van der Waals surface area contributed by atoms with Crippen LogP contribution in [0.4, 0.5) is 5.95 Å². The Kier molecular flexibility index (Phi) is 1.77. The summed E-state index contributed by atoms with van der Waals surface area (Å²) in [5.41, 5.74) is 1.11. The molecular formula is C8H14N4.